The number of nitrogens with one attached hydrogen (secondary N) is 1. The molecular weight excluding hydrogens is 339 g/mol. The van der Waals surface area contributed by atoms with Crippen LogP contribution in [0.2, 0.25) is 5.02 Å². The first kappa shape index (κ1) is 17.4. The van der Waals surface area contributed by atoms with E-state index in [0.717, 1.165) is 5.56 Å². The number of amides is 1. The van der Waals surface area contributed by atoms with Crippen LogP contribution in [0.4, 0.5) is 0 Å². The summed E-state index contributed by atoms with van der Waals surface area (Å²) in [5.41, 5.74) is 1.33. The van der Waals surface area contributed by atoms with Crippen LogP contribution < -0.4 is 14.8 Å². The van der Waals surface area contributed by atoms with Gasteiger partial charge >= 0.3 is 0 Å². The predicted octanol–water partition coefficient (Wildman–Crippen LogP) is 3.35. The van der Waals surface area contributed by atoms with E-state index in [-0.39, 0.29) is 12.5 Å². The van der Waals surface area contributed by atoms with Crippen LogP contribution in [-0.4, -0.2) is 25.1 Å². The van der Waals surface area contributed by atoms with Crippen LogP contribution >= 0.6 is 23.2 Å². The number of ether oxygens (including phenoxy) is 2. The molecule has 0 aliphatic carbocycles. The number of halogens is 2. The lowest BCUT2D eigenvalue weighted by Crippen LogP contribution is -2.26. The molecule has 0 aliphatic heterocycles. The van der Waals surface area contributed by atoms with E-state index in [0.29, 0.717) is 22.1 Å². The number of carbonyl (C=O) groups is 1. The van der Waals surface area contributed by atoms with Gasteiger partial charge in [-0.2, -0.15) is 0 Å². The van der Waals surface area contributed by atoms with E-state index in [4.69, 9.17) is 32.7 Å². The Bertz CT molecular complexity index is 695. The summed E-state index contributed by atoms with van der Waals surface area (Å²) in [6, 6.07) is 6.98. The number of pyridine rings is 1. The highest BCUT2D eigenvalue weighted by Crippen LogP contribution is 2.28. The molecule has 2 aromatic rings. The molecule has 0 spiro atoms. The molecule has 0 aliphatic rings. The Morgan fingerprint density at radius 3 is 2.74 bits per heavy atom. The van der Waals surface area contributed by atoms with Gasteiger partial charge in [0.15, 0.2) is 0 Å². The molecule has 1 amide bonds. The lowest BCUT2D eigenvalue weighted by molar-refractivity contribution is -0.121. The Morgan fingerprint density at radius 1 is 1.30 bits per heavy atom. The molecule has 0 saturated carbocycles. The molecule has 1 heterocycles. The van der Waals surface area contributed by atoms with E-state index in [1.54, 1.807) is 32.4 Å². The average Bonchev–Trinajstić information content (AvgIpc) is 2.59. The largest absolute Gasteiger partial charge is 0.497 e. The molecule has 122 valence electrons. The summed E-state index contributed by atoms with van der Waals surface area (Å²) in [5.74, 6) is 0.950. The minimum atomic E-state index is -0.894. The molecule has 0 bridgehead atoms. The van der Waals surface area contributed by atoms with Gasteiger partial charge in [0.1, 0.15) is 16.9 Å². The molecule has 0 radical (unpaired) electrons. The van der Waals surface area contributed by atoms with Crippen molar-refractivity contribution in [3.8, 4) is 11.5 Å². The fraction of sp³-hybridized carbons (Fsp3) is 0.250. The Hall–Kier alpha value is -1.98. The number of hydrogen-bond donors (Lipinski definition) is 1. The molecule has 1 unspecified atom stereocenters. The van der Waals surface area contributed by atoms with Crippen LogP contribution in [-0.2, 0) is 11.3 Å². The highest BCUT2D eigenvalue weighted by Gasteiger charge is 2.20. The summed E-state index contributed by atoms with van der Waals surface area (Å²) >= 11 is 12.2. The van der Waals surface area contributed by atoms with Crippen molar-refractivity contribution < 1.29 is 14.3 Å². The predicted molar refractivity (Wildman–Crippen MR) is 89.2 cm³/mol. The number of carbonyl (C=O) groups excluding carboxylic acids is 1. The van der Waals surface area contributed by atoms with Gasteiger partial charge in [0.2, 0.25) is 5.91 Å². The van der Waals surface area contributed by atoms with Crippen molar-refractivity contribution >= 4 is 29.1 Å². The third-order valence-corrected chi connectivity index (χ3v) is 4.00. The monoisotopic (exact) mass is 354 g/mol. The Morgan fingerprint density at radius 2 is 2.09 bits per heavy atom. The molecule has 23 heavy (non-hydrogen) atoms. The molecule has 1 aromatic carbocycles. The van der Waals surface area contributed by atoms with Crippen molar-refractivity contribution in [3.63, 3.8) is 0 Å². The standard InChI is InChI=1S/C16H16Cl2N2O3/c1-22-11-4-3-10(14(7-11)23-2)8-20-16(21)15(18)12-5-6-19-9-13(12)17/h3-7,9,15H,8H2,1-2H3,(H,20,21). The maximum atomic E-state index is 12.2. The van der Waals surface area contributed by atoms with Crippen molar-refractivity contribution in [2.24, 2.45) is 0 Å². The smallest absolute Gasteiger partial charge is 0.242 e. The van der Waals surface area contributed by atoms with Crippen LogP contribution in [0.5, 0.6) is 11.5 Å². The van der Waals surface area contributed by atoms with E-state index >= 15 is 0 Å². The quantitative estimate of drug-likeness (QED) is 0.808. The molecule has 1 N–H and O–H groups in total. The first-order valence-electron chi connectivity index (χ1n) is 6.79. The van der Waals surface area contributed by atoms with Gasteiger partial charge in [0.25, 0.3) is 0 Å². The third kappa shape index (κ3) is 4.27. The lowest BCUT2D eigenvalue weighted by Gasteiger charge is -2.14. The molecule has 2 rings (SSSR count). The summed E-state index contributed by atoms with van der Waals surface area (Å²) < 4.78 is 10.4. The van der Waals surface area contributed by atoms with Crippen molar-refractivity contribution in [2.45, 2.75) is 11.9 Å². The normalized spacial score (nSPS) is 11.7. The van der Waals surface area contributed by atoms with E-state index in [1.165, 1.54) is 12.4 Å². The van der Waals surface area contributed by atoms with Crippen molar-refractivity contribution in [2.75, 3.05) is 14.2 Å². The van der Waals surface area contributed by atoms with Crippen molar-refractivity contribution in [1.29, 1.82) is 0 Å². The van der Waals surface area contributed by atoms with Gasteiger partial charge in [-0.15, -0.1) is 11.6 Å². The number of benzene rings is 1. The zero-order valence-corrected chi connectivity index (χ0v) is 14.2. The van der Waals surface area contributed by atoms with Crippen LogP contribution in [0.25, 0.3) is 0 Å². The van der Waals surface area contributed by atoms with Gasteiger partial charge in [-0.3, -0.25) is 9.78 Å². The SMILES string of the molecule is COc1ccc(CNC(=O)C(Cl)c2ccncc2Cl)c(OC)c1. The number of aromatic nitrogens is 1. The zero-order chi connectivity index (χ0) is 16.8. The number of rotatable bonds is 6. The van der Waals surface area contributed by atoms with E-state index in [2.05, 4.69) is 10.3 Å². The maximum absolute atomic E-state index is 12.2. The molecular formula is C16H16Cl2N2O3. The van der Waals surface area contributed by atoms with E-state index < -0.39 is 5.38 Å². The second kappa shape index (κ2) is 8.04. The Balaban J connectivity index is 2.06. The number of nitrogens with zero attached hydrogens (tertiary/aromatic N) is 1. The van der Waals surface area contributed by atoms with Crippen LogP contribution in [0.3, 0.4) is 0 Å². The summed E-state index contributed by atoms with van der Waals surface area (Å²) in [7, 11) is 3.13. The van der Waals surface area contributed by atoms with Crippen molar-refractivity contribution in [3.05, 3.63) is 52.8 Å². The highest BCUT2D eigenvalue weighted by molar-refractivity contribution is 6.35. The summed E-state index contributed by atoms with van der Waals surface area (Å²) in [4.78, 5) is 16.1. The Kier molecular flexibility index (Phi) is 6.07. The van der Waals surface area contributed by atoms with Crippen LogP contribution in [0.15, 0.2) is 36.7 Å². The molecule has 1 atom stereocenters. The molecule has 1 aromatic heterocycles. The van der Waals surface area contributed by atoms with Gasteiger partial charge in [-0.25, -0.2) is 0 Å². The minimum absolute atomic E-state index is 0.276. The first-order chi connectivity index (χ1) is 11.1. The zero-order valence-electron chi connectivity index (χ0n) is 12.7. The molecule has 7 heteroatoms. The topological polar surface area (TPSA) is 60.5 Å². The molecule has 0 saturated heterocycles. The lowest BCUT2D eigenvalue weighted by atomic mass is 10.1. The van der Waals surface area contributed by atoms with Crippen molar-refractivity contribution in [1.82, 2.24) is 10.3 Å². The third-order valence-electron chi connectivity index (χ3n) is 3.25. The van der Waals surface area contributed by atoms with Gasteiger partial charge < -0.3 is 14.8 Å². The first-order valence-corrected chi connectivity index (χ1v) is 7.60. The minimum Gasteiger partial charge on any atom is -0.497 e. The van der Waals surface area contributed by atoms with Crippen LogP contribution in [0.1, 0.15) is 16.5 Å². The average molecular weight is 355 g/mol. The second-order valence-electron chi connectivity index (χ2n) is 4.66. The van der Waals surface area contributed by atoms with E-state index in [1.807, 2.05) is 6.07 Å². The summed E-state index contributed by atoms with van der Waals surface area (Å²) in [6.07, 6.45) is 2.99. The summed E-state index contributed by atoms with van der Waals surface area (Å²) in [5, 5.41) is 2.22. The number of methoxy groups -OCH3 is 2. The number of hydrogen-bond acceptors (Lipinski definition) is 4. The van der Waals surface area contributed by atoms with Gasteiger partial charge in [0.05, 0.1) is 19.2 Å². The summed E-state index contributed by atoms with van der Waals surface area (Å²) in [6.45, 7) is 0.276. The second-order valence-corrected chi connectivity index (χ2v) is 5.50. The van der Waals surface area contributed by atoms with Gasteiger partial charge in [-0.1, -0.05) is 11.6 Å². The maximum Gasteiger partial charge on any atom is 0.242 e. The fourth-order valence-electron chi connectivity index (χ4n) is 2.00. The number of alkyl halides is 1. The van der Waals surface area contributed by atoms with Gasteiger partial charge in [-0.05, 0) is 18.2 Å². The fourth-order valence-corrected chi connectivity index (χ4v) is 2.55. The van der Waals surface area contributed by atoms with E-state index in [9.17, 15) is 4.79 Å². The molecule has 0 fully saturated rings. The van der Waals surface area contributed by atoms with Gasteiger partial charge in [0, 0.05) is 36.1 Å². The molecule has 5 nitrogen and oxygen atoms in total. The highest BCUT2D eigenvalue weighted by atomic mass is 35.5. The van der Waals surface area contributed by atoms with Crippen LogP contribution in [0, 0.1) is 0 Å². The Labute approximate surface area is 144 Å².